The zero-order chi connectivity index (χ0) is 39.6. The summed E-state index contributed by atoms with van der Waals surface area (Å²) in [5.41, 5.74) is 9.55. The fraction of sp³-hybridized carbons (Fsp3) is 0.400. The second kappa shape index (κ2) is 15.8. The fourth-order valence-electron chi connectivity index (χ4n) is 7.94. The standard InChI is InChI=1S/C20H23N7O.C11H14ClN3O.C9H10N4/c1-14-11-27(13-23-14)15-5-6-17(21-9-15)24-19-22-10-16-18(25-19)26(2)20(12-28-16)7-3-4-8-20;1-15-9-8(6-13-10(12)14-9)16-7-11(15)4-2-3-5-11;1-7-5-13(6-12-7)8-2-3-9(10)11-4-8/h5-6,9-11,13H,3-4,7-8,12H2,1-2H3,(H,21,22,24,25);6H,2-5,7H2,1H3;2-6H,1H3,(H2,10,11). The molecule has 10 rings (SSSR count). The number of halogens is 1. The van der Waals surface area contributed by atoms with Gasteiger partial charge in [0, 0.05) is 26.5 Å². The summed E-state index contributed by atoms with van der Waals surface area (Å²) < 4.78 is 15.6. The van der Waals surface area contributed by atoms with Crippen molar-refractivity contribution in [3.8, 4) is 22.9 Å². The Balaban J connectivity index is 0.000000132. The Morgan fingerprint density at radius 2 is 1.18 bits per heavy atom. The predicted molar refractivity (Wildman–Crippen MR) is 219 cm³/mol. The molecule has 0 unspecified atom stereocenters. The number of rotatable bonds is 4. The summed E-state index contributed by atoms with van der Waals surface area (Å²) in [6.07, 6.45) is 24.0. The van der Waals surface area contributed by atoms with Gasteiger partial charge in [-0.3, -0.25) is 0 Å². The third kappa shape index (κ3) is 7.99. The van der Waals surface area contributed by atoms with Crippen LogP contribution in [0, 0.1) is 13.8 Å². The zero-order valence-corrected chi connectivity index (χ0v) is 33.4. The molecule has 16 nitrogen and oxygen atoms in total. The quantitative estimate of drug-likeness (QED) is 0.181. The van der Waals surface area contributed by atoms with Gasteiger partial charge in [0.25, 0.3) is 0 Å². The van der Waals surface area contributed by atoms with Crippen molar-refractivity contribution in [2.24, 2.45) is 0 Å². The van der Waals surface area contributed by atoms with E-state index in [1.165, 1.54) is 38.5 Å². The number of aromatic nitrogens is 10. The van der Waals surface area contributed by atoms with Crippen LogP contribution in [0.3, 0.4) is 0 Å². The third-order valence-electron chi connectivity index (χ3n) is 11.3. The van der Waals surface area contributed by atoms with E-state index in [1.54, 1.807) is 43.5 Å². The number of ether oxygens (including phenoxy) is 2. The molecular formula is C40H47ClN14O2. The first-order valence-electron chi connectivity index (χ1n) is 19.2. The van der Waals surface area contributed by atoms with Crippen LogP contribution in [0.25, 0.3) is 11.4 Å². The van der Waals surface area contributed by atoms with Crippen molar-refractivity contribution in [3.63, 3.8) is 0 Å². The molecule has 0 radical (unpaired) electrons. The number of anilines is 5. The highest BCUT2D eigenvalue weighted by Crippen LogP contribution is 2.45. The van der Waals surface area contributed by atoms with Gasteiger partial charge < -0.3 is 39.5 Å². The molecule has 17 heteroatoms. The summed E-state index contributed by atoms with van der Waals surface area (Å²) in [6, 6.07) is 7.57. The maximum atomic E-state index is 5.98. The second-order valence-electron chi connectivity index (χ2n) is 15.1. The van der Waals surface area contributed by atoms with E-state index in [4.69, 9.17) is 31.8 Å². The molecule has 296 valence electrons. The lowest BCUT2D eigenvalue weighted by molar-refractivity contribution is 0.192. The molecule has 2 spiro atoms. The molecule has 2 aliphatic heterocycles. The Morgan fingerprint density at radius 3 is 1.67 bits per heavy atom. The maximum Gasteiger partial charge on any atom is 0.230 e. The minimum absolute atomic E-state index is 0.0709. The van der Waals surface area contributed by atoms with Crippen molar-refractivity contribution in [3.05, 3.63) is 90.8 Å². The molecule has 4 aliphatic rings. The van der Waals surface area contributed by atoms with Crippen LogP contribution in [0.4, 0.5) is 29.2 Å². The first-order chi connectivity index (χ1) is 27.6. The Kier molecular flexibility index (Phi) is 10.5. The highest BCUT2D eigenvalue weighted by Gasteiger charge is 2.44. The van der Waals surface area contributed by atoms with E-state index >= 15 is 0 Å². The minimum atomic E-state index is 0.0709. The maximum absolute atomic E-state index is 5.98. The molecule has 0 atom stereocenters. The Bertz CT molecular complexity index is 2300. The highest BCUT2D eigenvalue weighted by atomic mass is 35.5. The lowest BCUT2D eigenvalue weighted by atomic mass is 9.95. The van der Waals surface area contributed by atoms with Crippen LogP contribution in [0.2, 0.25) is 5.28 Å². The molecule has 6 aromatic heterocycles. The number of nitrogens with one attached hydrogen (secondary N) is 1. The number of hydrogen-bond donors (Lipinski definition) is 2. The molecule has 0 bridgehead atoms. The molecule has 57 heavy (non-hydrogen) atoms. The molecule has 0 saturated heterocycles. The topological polar surface area (TPSA) is 176 Å². The Labute approximate surface area is 336 Å². The van der Waals surface area contributed by atoms with Crippen molar-refractivity contribution in [2.45, 2.75) is 76.3 Å². The van der Waals surface area contributed by atoms with Crippen molar-refractivity contribution < 1.29 is 9.47 Å². The van der Waals surface area contributed by atoms with Crippen LogP contribution in [-0.4, -0.2) is 87.4 Å². The normalized spacial score (nSPS) is 17.1. The molecule has 2 aliphatic carbocycles. The van der Waals surface area contributed by atoms with Gasteiger partial charge in [-0.05, 0) is 75.4 Å². The van der Waals surface area contributed by atoms with Gasteiger partial charge in [-0.1, -0.05) is 25.7 Å². The second-order valence-corrected chi connectivity index (χ2v) is 15.4. The van der Waals surface area contributed by atoms with Gasteiger partial charge in [0.2, 0.25) is 11.2 Å². The van der Waals surface area contributed by atoms with Crippen LogP contribution in [-0.2, 0) is 0 Å². The largest absolute Gasteiger partial charge is 0.486 e. The van der Waals surface area contributed by atoms with E-state index < -0.39 is 0 Å². The number of imidazole rings is 2. The average molecular weight is 791 g/mol. The smallest absolute Gasteiger partial charge is 0.230 e. The van der Waals surface area contributed by atoms with Crippen LogP contribution in [0.15, 0.2) is 74.1 Å². The molecule has 8 heterocycles. The van der Waals surface area contributed by atoms with Crippen LogP contribution in [0.1, 0.15) is 62.8 Å². The monoisotopic (exact) mass is 790 g/mol. The molecule has 0 aromatic carbocycles. The molecular weight excluding hydrogens is 744 g/mol. The average Bonchev–Trinajstić information content (AvgIpc) is 4.06. The van der Waals surface area contributed by atoms with E-state index in [2.05, 4.69) is 64.1 Å². The van der Waals surface area contributed by atoms with E-state index in [0.717, 1.165) is 65.3 Å². The lowest BCUT2D eigenvalue weighted by Crippen LogP contribution is -2.52. The third-order valence-corrected chi connectivity index (χ3v) is 11.5. The first-order valence-corrected chi connectivity index (χ1v) is 19.6. The summed E-state index contributed by atoms with van der Waals surface area (Å²) in [5.74, 6) is 4.89. The van der Waals surface area contributed by atoms with Crippen LogP contribution >= 0.6 is 11.6 Å². The number of nitrogen functional groups attached to an aromatic ring is 1. The van der Waals surface area contributed by atoms with Crippen LogP contribution < -0.4 is 30.3 Å². The van der Waals surface area contributed by atoms with Gasteiger partial charge in [-0.25, -0.2) is 29.9 Å². The summed E-state index contributed by atoms with van der Waals surface area (Å²) >= 11 is 5.83. The number of aryl methyl sites for hydroxylation is 2. The van der Waals surface area contributed by atoms with Crippen molar-refractivity contribution in [1.82, 2.24) is 49.0 Å². The van der Waals surface area contributed by atoms with Crippen molar-refractivity contribution >= 4 is 40.8 Å². The first kappa shape index (κ1) is 37.9. The lowest BCUT2D eigenvalue weighted by Gasteiger charge is -2.43. The number of pyridine rings is 2. The molecule has 2 fully saturated rings. The zero-order valence-electron chi connectivity index (χ0n) is 32.6. The fourth-order valence-corrected chi connectivity index (χ4v) is 8.07. The van der Waals surface area contributed by atoms with E-state index in [0.29, 0.717) is 24.2 Å². The predicted octanol–water partition coefficient (Wildman–Crippen LogP) is 6.68. The molecule has 0 amide bonds. The number of nitrogens with zero attached hydrogens (tertiary/aromatic N) is 12. The van der Waals surface area contributed by atoms with E-state index in [9.17, 15) is 0 Å². The van der Waals surface area contributed by atoms with Gasteiger partial charge in [0.15, 0.2) is 23.1 Å². The highest BCUT2D eigenvalue weighted by molar-refractivity contribution is 6.28. The summed E-state index contributed by atoms with van der Waals surface area (Å²) in [7, 11) is 4.19. The molecule has 6 aromatic rings. The van der Waals surface area contributed by atoms with Gasteiger partial charge in [0.05, 0.1) is 71.3 Å². The summed E-state index contributed by atoms with van der Waals surface area (Å²) in [6.45, 7) is 5.36. The van der Waals surface area contributed by atoms with Crippen molar-refractivity contribution in [1.29, 1.82) is 0 Å². The van der Waals surface area contributed by atoms with Gasteiger partial charge >= 0.3 is 0 Å². The Hall–Kier alpha value is -6.03. The van der Waals surface area contributed by atoms with Gasteiger partial charge in [0.1, 0.15) is 24.8 Å². The van der Waals surface area contributed by atoms with Crippen LogP contribution in [0.5, 0.6) is 11.5 Å². The SMILES string of the molecule is CN1c2nc(Cl)ncc2OCC12CCCC2.Cc1cn(-c2ccc(N)nc2)cn1.Cc1cn(-c2ccc(Nc3ncc4c(n3)N(C)C3(CCCC3)CO4)nc2)cn1. The number of hydrogen-bond acceptors (Lipinski definition) is 14. The number of likely N-dealkylation sites (N-methyl/N-ethyl adjacent to an activating group) is 2. The van der Waals surface area contributed by atoms with E-state index in [1.807, 2.05) is 53.6 Å². The van der Waals surface area contributed by atoms with E-state index in [-0.39, 0.29) is 16.4 Å². The molecule has 2 saturated carbocycles. The number of nitrogens with two attached hydrogens (primary N) is 1. The minimum Gasteiger partial charge on any atom is -0.486 e. The van der Waals surface area contributed by atoms with Crippen molar-refractivity contribution in [2.75, 3.05) is 48.2 Å². The van der Waals surface area contributed by atoms with Gasteiger partial charge in [-0.2, -0.15) is 9.97 Å². The van der Waals surface area contributed by atoms with Gasteiger partial charge in [-0.15, -0.1) is 0 Å². The number of fused-ring (bicyclic) bond motifs is 2. The summed E-state index contributed by atoms with van der Waals surface area (Å²) in [5, 5.41) is 3.48. The molecule has 3 N–H and O–H groups in total. The Morgan fingerprint density at radius 1 is 0.649 bits per heavy atom. The summed E-state index contributed by atoms with van der Waals surface area (Å²) in [4.78, 5) is 38.7.